The number of Topliss-reactive ketones (excluding diaryl/α,β-unsaturated/α-hetero) is 2. The third kappa shape index (κ3) is 2.25. The van der Waals surface area contributed by atoms with E-state index in [4.69, 9.17) is 4.74 Å². The number of carbonyl (C=O) groups is 2. The van der Waals surface area contributed by atoms with Crippen LogP contribution in [0.4, 0.5) is 0 Å². The van der Waals surface area contributed by atoms with Crippen molar-refractivity contribution in [3.05, 3.63) is 102 Å². The Balaban J connectivity index is 1.49. The lowest BCUT2D eigenvalue weighted by Crippen LogP contribution is -2.59. The molecule has 166 valence electrons. The van der Waals surface area contributed by atoms with E-state index in [1.165, 1.54) is 0 Å². The van der Waals surface area contributed by atoms with E-state index in [-0.39, 0.29) is 29.3 Å². The van der Waals surface area contributed by atoms with Gasteiger partial charge >= 0.3 is 0 Å². The zero-order chi connectivity index (χ0) is 23.0. The summed E-state index contributed by atoms with van der Waals surface area (Å²) >= 11 is 0. The first-order chi connectivity index (χ1) is 15.9. The lowest BCUT2D eigenvalue weighted by molar-refractivity contribution is -0.161. The van der Waals surface area contributed by atoms with Crippen molar-refractivity contribution in [2.45, 2.75) is 31.6 Å². The van der Waals surface area contributed by atoms with Crippen LogP contribution in [0.5, 0.6) is 5.75 Å². The zero-order valence-electron chi connectivity index (χ0n) is 19.2. The van der Waals surface area contributed by atoms with Crippen LogP contribution in [0.3, 0.4) is 0 Å². The SMILES string of the molecule is COc1ccc([C@@H]2C[C@H]3C(=O)[C@@]4(C)[C@@H](C(=O)[C@]32C)C4(c2ccccc2)c2ccccc2)cc1. The fourth-order valence-corrected chi connectivity index (χ4v) is 7.44. The molecule has 3 aliphatic carbocycles. The Hall–Kier alpha value is -3.20. The normalized spacial score (nSPS) is 33.5. The summed E-state index contributed by atoms with van der Waals surface area (Å²) in [6.45, 7) is 4.08. The molecule has 0 aromatic heterocycles. The van der Waals surface area contributed by atoms with Crippen LogP contribution >= 0.6 is 0 Å². The second-order valence-electron chi connectivity index (χ2n) is 10.3. The van der Waals surface area contributed by atoms with Crippen LogP contribution in [0, 0.1) is 22.7 Å². The van der Waals surface area contributed by atoms with Gasteiger partial charge in [0.1, 0.15) is 17.3 Å². The van der Waals surface area contributed by atoms with Gasteiger partial charge in [0, 0.05) is 22.7 Å². The van der Waals surface area contributed by atoms with Crippen molar-refractivity contribution in [2.24, 2.45) is 22.7 Å². The van der Waals surface area contributed by atoms with Gasteiger partial charge in [-0.25, -0.2) is 0 Å². The molecule has 0 amide bonds. The molecule has 3 saturated carbocycles. The quantitative estimate of drug-likeness (QED) is 0.536. The molecule has 3 aromatic rings. The van der Waals surface area contributed by atoms with E-state index in [1.807, 2.05) is 74.5 Å². The van der Waals surface area contributed by atoms with Crippen LogP contribution < -0.4 is 4.74 Å². The minimum Gasteiger partial charge on any atom is -0.497 e. The van der Waals surface area contributed by atoms with Gasteiger partial charge in [-0.15, -0.1) is 0 Å². The molecule has 0 saturated heterocycles. The summed E-state index contributed by atoms with van der Waals surface area (Å²) in [5.41, 5.74) is 1.27. The number of methoxy groups -OCH3 is 1. The van der Waals surface area contributed by atoms with Crippen molar-refractivity contribution < 1.29 is 14.3 Å². The third-order valence-corrected chi connectivity index (χ3v) is 9.26. The molecule has 0 spiro atoms. The molecule has 0 heterocycles. The van der Waals surface area contributed by atoms with E-state index in [9.17, 15) is 9.59 Å². The standard InChI is InChI=1S/C30H28O3/c1-28-23(19-14-16-22(33-3)17-15-19)18-24(28)26(31)29(2)25(27(28)32)30(29,20-10-6-4-7-11-20)21-12-8-5-9-13-21/h4-17,23-25H,18H2,1-3H3/t23-,24-,25+,28-,29+/m0/s1. The molecule has 5 atom stereocenters. The van der Waals surface area contributed by atoms with E-state index in [0.29, 0.717) is 0 Å². The number of rotatable bonds is 4. The number of hydrogen-bond donors (Lipinski definition) is 0. The summed E-state index contributed by atoms with van der Waals surface area (Å²) in [5.74, 6) is 0.783. The number of benzene rings is 3. The summed E-state index contributed by atoms with van der Waals surface area (Å²) in [6, 6.07) is 28.4. The molecule has 3 aromatic carbocycles. The van der Waals surface area contributed by atoms with Crippen molar-refractivity contribution in [3.63, 3.8) is 0 Å². The van der Waals surface area contributed by atoms with Gasteiger partial charge in [0.05, 0.1) is 12.5 Å². The third-order valence-electron chi connectivity index (χ3n) is 9.26. The highest BCUT2D eigenvalue weighted by Crippen LogP contribution is 2.81. The maximum absolute atomic E-state index is 14.4. The summed E-state index contributed by atoms with van der Waals surface area (Å²) in [6.07, 6.45) is 0.732. The Bertz CT molecular complexity index is 1210. The molecule has 3 aliphatic rings. The number of carbonyl (C=O) groups excluding carboxylic acids is 2. The predicted molar refractivity (Wildman–Crippen MR) is 127 cm³/mol. The molecule has 3 nitrogen and oxygen atoms in total. The maximum Gasteiger partial charge on any atom is 0.145 e. The van der Waals surface area contributed by atoms with Gasteiger partial charge in [-0.05, 0) is 41.2 Å². The Morgan fingerprint density at radius 3 is 1.79 bits per heavy atom. The first-order valence-electron chi connectivity index (χ1n) is 11.8. The summed E-state index contributed by atoms with van der Waals surface area (Å²) in [7, 11) is 1.65. The number of ketones is 2. The van der Waals surface area contributed by atoms with Gasteiger partial charge in [-0.2, -0.15) is 0 Å². The highest BCUT2D eigenvalue weighted by molar-refractivity contribution is 6.13. The van der Waals surface area contributed by atoms with Crippen molar-refractivity contribution in [1.82, 2.24) is 0 Å². The highest BCUT2D eigenvalue weighted by Gasteiger charge is 2.87. The molecule has 3 fully saturated rings. The van der Waals surface area contributed by atoms with Gasteiger partial charge in [0.2, 0.25) is 0 Å². The largest absolute Gasteiger partial charge is 0.497 e. The number of hydrogen-bond acceptors (Lipinski definition) is 3. The molecule has 6 rings (SSSR count). The van der Waals surface area contributed by atoms with Gasteiger partial charge in [0.15, 0.2) is 0 Å². The van der Waals surface area contributed by atoms with Crippen molar-refractivity contribution >= 4 is 11.6 Å². The van der Waals surface area contributed by atoms with Crippen LogP contribution in [-0.2, 0) is 15.0 Å². The zero-order valence-corrected chi connectivity index (χ0v) is 19.2. The molecule has 33 heavy (non-hydrogen) atoms. The van der Waals surface area contributed by atoms with Gasteiger partial charge in [0.25, 0.3) is 0 Å². The van der Waals surface area contributed by atoms with Crippen molar-refractivity contribution in [3.8, 4) is 5.75 Å². The first-order valence-corrected chi connectivity index (χ1v) is 11.8. The van der Waals surface area contributed by atoms with Crippen LogP contribution in [0.25, 0.3) is 0 Å². The first kappa shape index (κ1) is 20.4. The second-order valence-corrected chi connectivity index (χ2v) is 10.3. The maximum atomic E-state index is 14.4. The molecule has 3 heteroatoms. The Labute approximate surface area is 194 Å². The average molecular weight is 437 g/mol. The van der Waals surface area contributed by atoms with Gasteiger partial charge < -0.3 is 4.74 Å². The minimum absolute atomic E-state index is 0.0549. The van der Waals surface area contributed by atoms with Gasteiger partial charge in [-0.3, -0.25) is 9.59 Å². The summed E-state index contributed by atoms with van der Waals surface area (Å²) in [4.78, 5) is 28.6. The van der Waals surface area contributed by atoms with E-state index in [0.717, 1.165) is 28.9 Å². The van der Waals surface area contributed by atoms with Gasteiger partial charge in [-0.1, -0.05) is 86.6 Å². The topological polar surface area (TPSA) is 43.4 Å². The van der Waals surface area contributed by atoms with Crippen molar-refractivity contribution in [1.29, 1.82) is 0 Å². The highest BCUT2D eigenvalue weighted by atomic mass is 16.5. The molecule has 0 aliphatic heterocycles. The Kier molecular flexibility index (Phi) is 4.12. The fraction of sp³-hybridized carbons (Fsp3) is 0.333. The predicted octanol–water partition coefficient (Wildman–Crippen LogP) is 5.58. The van der Waals surface area contributed by atoms with E-state index in [2.05, 4.69) is 24.3 Å². The molecule has 0 bridgehead atoms. The molecule has 0 N–H and O–H groups in total. The molecular weight excluding hydrogens is 408 g/mol. The molecule has 0 radical (unpaired) electrons. The van der Waals surface area contributed by atoms with E-state index >= 15 is 0 Å². The smallest absolute Gasteiger partial charge is 0.145 e. The molecule has 0 unspecified atom stereocenters. The van der Waals surface area contributed by atoms with E-state index in [1.54, 1.807) is 7.11 Å². The Morgan fingerprint density at radius 1 is 0.727 bits per heavy atom. The second kappa shape index (κ2) is 6.66. The summed E-state index contributed by atoms with van der Waals surface area (Å²) in [5, 5.41) is 0. The Morgan fingerprint density at radius 2 is 1.27 bits per heavy atom. The average Bonchev–Trinajstić information content (AvgIpc) is 3.45. The lowest BCUT2D eigenvalue weighted by atomic mass is 9.45. The summed E-state index contributed by atoms with van der Waals surface area (Å²) < 4.78 is 5.31. The molecular formula is C30H28O3. The lowest BCUT2D eigenvalue weighted by Gasteiger charge is -2.55. The van der Waals surface area contributed by atoms with Crippen LogP contribution in [-0.4, -0.2) is 18.7 Å². The number of fused-ring (bicyclic) bond motifs is 2. The number of ether oxygens (including phenoxy) is 1. The van der Waals surface area contributed by atoms with Crippen LogP contribution in [0.15, 0.2) is 84.9 Å². The van der Waals surface area contributed by atoms with Crippen LogP contribution in [0.1, 0.15) is 42.9 Å². The fourth-order valence-electron chi connectivity index (χ4n) is 7.44. The van der Waals surface area contributed by atoms with Crippen LogP contribution in [0.2, 0.25) is 0 Å². The van der Waals surface area contributed by atoms with Crippen molar-refractivity contribution in [2.75, 3.05) is 7.11 Å². The van der Waals surface area contributed by atoms with E-state index < -0.39 is 16.2 Å². The minimum atomic E-state index is -0.707. The monoisotopic (exact) mass is 436 g/mol.